The lowest BCUT2D eigenvalue weighted by Gasteiger charge is -2.41. The zero-order valence-corrected chi connectivity index (χ0v) is 15.6. The quantitative estimate of drug-likeness (QED) is 0.858. The molecule has 0 aliphatic carbocycles. The monoisotopic (exact) mass is 356 g/mol. The number of carbonyl (C=O) groups excluding carboxylic acids is 1. The SMILES string of the molecule is CC(C)c1cc(C(=O)N2CCC[C@@](CO)(CCc3ccccc3)C2)on1. The summed E-state index contributed by atoms with van der Waals surface area (Å²) in [6.45, 7) is 5.40. The molecule has 2 heterocycles. The van der Waals surface area contributed by atoms with Crippen molar-refractivity contribution in [3.8, 4) is 0 Å². The standard InChI is InChI=1S/C21H28N2O3/c1-16(2)18-13-19(26-22-18)20(25)23-12-6-10-21(14-23,15-24)11-9-17-7-4-3-5-8-17/h3-5,7-8,13,16,24H,6,9-12,14-15H2,1-2H3/t21-/m1/s1. The summed E-state index contributed by atoms with van der Waals surface area (Å²) < 4.78 is 5.27. The van der Waals surface area contributed by atoms with Gasteiger partial charge in [0.1, 0.15) is 0 Å². The Labute approximate surface area is 155 Å². The topological polar surface area (TPSA) is 66.6 Å². The molecule has 5 heteroatoms. The highest BCUT2D eigenvalue weighted by Gasteiger charge is 2.37. The third-order valence-corrected chi connectivity index (χ3v) is 5.40. The highest BCUT2D eigenvalue weighted by atomic mass is 16.5. The lowest BCUT2D eigenvalue weighted by molar-refractivity contribution is 0.0205. The van der Waals surface area contributed by atoms with Crippen molar-refractivity contribution in [1.29, 1.82) is 0 Å². The maximum Gasteiger partial charge on any atom is 0.292 e. The fraction of sp³-hybridized carbons (Fsp3) is 0.524. The van der Waals surface area contributed by atoms with E-state index < -0.39 is 0 Å². The minimum Gasteiger partial charge on any atom is -0.396 e. The molecule has 1 aromatic heterocycles. The number of aryl methyl sites for hydroxylation is 1. The lowest BCUT2D eigenvalue weighted by atomic mass is 9.76. The third kappa shape index (κ3) is 4.15. The molecule has 0 bridgehead atoms. The van der Waals surface area contributed by atoms with Gasteiger partial charge in [0, 0.05) is 24.6 Å². The molecule has 1 aliphatic rings. The number of rotatable bonds is 6. The second-order valence-electron chi connectivity index (χ2n) is 7.74. The van der Waals surface area contributed by atoms with E-state index in [0.29, 0.717) is 18.8 Å². The molecule has 5 nitrogen and oxygen atoms in total. The van der Waals surface area contributed by atoms with Gasteiger partial charge >= 0.3 is 0 Å². The zero-order chi connectivity index (χ0) is 18.6. The summed E-state index contributed by atoms with van der Waals surface area (Å²) in [6.07, 6.45) is 3.61. The summed E-state index contributed by atoms with van der Waals surface area (Å²) in [5.74, 6) is 0.399. The molecule has 1 atom stereocenters. The van der Waals surface area contributed by atoms with Gasteiger partial charge in [-0.1, -0.05) is 49.3 Å². The minimum absolute atomic E-state index is 0.0945. The Morgan fingerprint density at radius 3 is 2.77 bits per heavy atom. The molecule has 2 aromatic rings. The first kappa shape index (κ1) is 18.6. The van der Waals surface area contributed by atoms with Gasteiger partial charge in [0.15, 0.2) is 0 Å². The summed E-state index contributed by atoms with van der Waals surface area (Å²) in [6, 6.07) is 12.0. The van der Waals surface area contributed by atoms with Crippen LogP contribution in [0, 0.1) is 5.41 Å². The maximum atomic E-state index is 12.8. The van der Waals surface area contributed by atoms with Gasteiger partial charge in [-0.15, -0.1) is 0 Å². The van der Waals surface area contributed by atoms with E-state index in [4.69, 9.17) is 4.52 Å². The number of hydrogen-bond donors (Lipinski definition) is 1. The Morgan fingerprint density at radius 2 is 2.12 bits per heavy atom. The predicted molar refractivity (Wildman–Crippen MR) is 100 cm³/mol. The van der Waals surface area contributed by atoms with Crippen molar-refractivity contribution < 1.29 is 14.4 Å². The van der Waals surface area contributed by atoms with Crippen LogP contribution in [-0.2, 0) is 6.42 Å². The second kappa shape index (κ2) is 8.04. The molecule has 1 amide bonds. The largest absolute Gasteiger partial charge is 0.396 e. The average molecular weight is 356 g/mol. The molecule has 1 saturated heterocycles. The zero-order valence-electron chi connectivity index (χ0n) is 15.6. The van der Waals surface area contributed by atoms with Crippen molar-refractivity contribution in [2.45, 2.75) is 45.4 Å². The number of amides is 1. The molecule has 0 radical (unpaired) electrons. The van der Waals surface area contributed by atoms with Crippen molar-refractivity contribution in [2.75, 3.05) is 19.7 Å². The number of piperidine rings is 1. The van der Waals surface area contributed by atoms with Crippen molar-refractivity contribution in [2.24, 2.45) is 5.41 Å². The lowest BCUT2D eigenvalue weighted by Crippen LogP contribution is -2.48. The molecule has 1 fully saturated rings. The Bertz CT molecular complexity index is 726. The van der Waals surface area contributed by atoms with Crippen LogP contribution in [0.5, 0.6) is 0 Å². The Balaban J connectivity index is 1.68. The van der Waals surface area contributed by atoms with E-state index in [1.54, 1.807) is 6.07 Å². The normalized spacial score (nSPS) is 20.5. The van der Waals surface area contributed by atoms with Crippen molar-refractivity contribution in [1.82, 2.24) is 10.1 Å². The summed E-state index contributed by atoms with van der Waals surface area (Å²) in [5.41, 5.74) is 1.81. The molecule has 0 spiro atoms. The smallest absolute Gasteiger partial charge is 0.292 e. The van der Waals surface area contributed by atoms with E-state index in [9.17, 15) is 9.90 Å². The Kier molecular flexibility index (Phi) is 5.77. The van der Waals surface area contributed by atoms with Gasteiger partial charge in [0.2, 0.25) is 5.76 Å². The predicted octanol–water partition coefficient (Wildman–Crippen LogP) is 3.65. The van der Waals surface area contributed by atoms with Gasteiger partial charge in [-0.2, -0.15) is 0 Å². The number of nitrogens with zero attached hydrogens (tertiary/aromatic N) is 2. The van der Waals surface area contributed by atoms with Crippen LogP contribution >= 0.6 is 0 Å². The van der Waals surface area contributed by atoms with Gasteiger partial charge in [-0.3, -0.25) is 4.79 Å². The van der Waals surface area contributed by atoms with E-state index >= 15 is 0 Å². The van der Waals surface area contributed by atoms with Gasteiger partial charge in [0.05, 0.1) is 12.3 Å². The number of likely N-dealkylation sites (tertiary alicyclic amines) is 1. The summed E-state index contributed by atoms with van der Waals surface area (Å²) in [7, 11) is 0. The first-order chi connectivity index (χ1) is 12.5. The molecule has 26 heavy (non-hydrogen) atoms. The number of carbonyl (C=O) groups is 1. The fourth-order valence-electron chi connectivity index (χ4n) is 3.67. The highest BCUT2D eigenvalue weighted by Crippen LogP contribution is 2.35. The molecule has 0 saturated carbocycles. The maximum absolute atomic E-state index is 12.8. The van der Waals surface area contributed by atoms with Gasteiger partial charge in [-0.25, -0.2) is 0 Å². The first-order valence-electron chi connectivity index (χ1n) is 9.44. The Hall–Kier alpha value is -2.14. The number of aliphatic hydroxyl groups excluding tert-OH is 1. The van der Waals surface area contributed by atoms with Gasteiger partial charge < -0.3 is 14.5 Å². The number of aromatic nitrogens is 1. The number of hydrogen-bond acceptors (Lipinski definition) is 4. The second-order valence-corrected chi connectivity index (χ2v) is 7.74. The number of aliphatic hydroxyl groups is 1. The summed E-state index contributed by atoms with van der Waals surface area (Å²) >= 11 is 0. The van der Waals surface area contributed by atoms with E-state index in [1.165, 1.54) is 5.56 Å². The molecular weight excluding hydrogens is 328 g/mol. The summed E-state index contributed by atoms with van der Waals surface area (Å²) in [4.78, 5) is 14.6. The Morgan fingerprint density at radius 1 is 1.35 bits per heavy atom. The van der Waals surface area contributed by atoms with Crippen LogP contribution in [0.25, 0.3) is 0 Å². The molecule has 140 valence electrons. The van der Waals surface area contributed by atoms with Gasteiger partial charge in [0.25, 0.3) is 5.91 Å². The molecule has 0 unspecified atom stereocenters. The van der Waals surface area contributed by atoms with Crippen LogP contribution in [0.3, 0.4) is 0 Å². The van der Waals surface area contributed by atoms with Gasteiger partial charge in [-0.05, 0) is 37.2 Å². The van der Waals surface area contributed by atoms with E-state index in [1.807, 2.05) is 36.9 Å². The highest BCUT2D eigenvalue weighted by molar-refractivity contribution is 5.91. The summed E-state index contributed by atoms with van der Waals surface area (Å²) in [5, 5.41) is 14.1. The van der Waals surface area contributed by atoms with Crippen molar-refractivity contribution in [3.05, 3.63) is 53.4 Å². The molecule has 1 N–H and O–H groups in total. The van der Waals surface area contributed by atoms with Crippen LogP contribution in [0.2, 0.25) is 0 Å². The molecule has 1 aliphatic heterocycles. The molecular formula is C21H28N2O3. The molecule has 3 rings (SSSR count). The van der Waals surface area contributed by atoms with Crippen LogP contribution in [0.1, 0.15) is 60.8 Å². The van der Waals surface area contributed by atoms with E-state index in [2.05, 4.69) is 17.3 Å². The van der Waals surface area contributed by atoms with E-state index in [0.717, 1.165) is 31.4 Å². The molecule has 1 aromatic carbocycles. The van der Waals surface area contributed by atoms with Crippen LogP contribution in [0.4, 0.5) is 0 Å². The fourth-order valence-corrected chi connectivity index (χ4v) is 3.67. The van der Waals surface area contributed by atoms with Crippen molar-refractivity contribution in [3.63, 3.8) is 0 Å². The van der Waals surface area contributed by atoms with Crippen LogP contribution in [-0.4, -0.2) is 40.8 Å². The van der Waals surface area contributed by atoms with E-state index in [-0.39, 0.29) is 23.8 Å². The minimum atomic E-state index is -0.245. The third-order valence-electron chi connectivity index (χ3n) is 5.40. The van der Waals surface area contributed by atoms with Crippen molar-refractivity contribution >= 4 is 5.91 Å². The van der Waals surface area contributed by atoms with Crippen LogP contribution < -0.4 is 0 Å². The van der Waals surface area contributed by atoms with Crippen LogP contribution in [0.15, 0.2) is 40.9 Å². The first-order valence-corrected chi connectivity index (χ1v) is 9.44. The number of benzene rings is 1. The average Bonchev–Trinajstić information content (AvgIpc) is 3.17.